The van der Waals surface area contributed by atoms with Gasteiger partial charge in [0.05, 0.1) is 10.9 Å². The Hall–Kier alpha value is -2.70. The van der Waals surface area contributed by atoms with Crippen LogP contribution >= 0.6 is 0 Å². The molecule has 1 amide bonds. The highest BCUT2D eigenvalue weighted by molar-refractivity contribution is 7.89. The monoisotopic (exact) mass is 382 g/mol. The molecule has 3 aromatic carbocycles. The fraction of sp³-hybridized carbons (Fsp3) is 0.190. The maximum absolute atomic E-state index is 12.6. The molecule has 0 radical (unpaired) electrons. The number of hydrogen-bond donors (Lipinski definition) is 2. The number of aryl methyl sites for hydroxylation is 1. The quantitative estimate of drug-likeness (QED) is 0.688. The second kappa shape index (κ2) is 7.90. The van der Waals surface area contributed by atoms with Crippen LogP contribution in [0.15, 0.2) is 71.6 Å². The van der Waals surface area contributed by atoms with E-state index in [1.165, 1.54) is 6.92 Å². The van der Waals surface area contributed by atoms with Gasteiger partial charge in [0.25, 0.3) is 0 Å². The van der Waals surface area contributed by atoms with E-state index in [0.717, 1.165) is 21.9 Å². The summed E-state index contributed by atoms with van der Waals surface area (Å²) in [5.41, 5.74) is 2.10. The number of benzene rings is 3. The van der Waals surface area contributed by atoms with Crippen molar-refractivity contribution in [3.8, 4) is 0 Å². The highest BCUT2D eigenvalue weighted by atomic mass is 32.2. The summed E-state index contributed by atoms with van der Waals surface area (Å²) < 4.78 is 27.7. The third-order valence-electron chi connectivity index (χ3n) is 4.34. The van der Waals surface area contributed by atoms with E-state index >= 15 is 0 Å². The molecule has 0 aliphatic rings. The van der Waals surface area contributed by atoms with Crippen molar-refractivity contribution in [3.05, 3.63) is 77.9 Å². The predicted molar refractivity (Wildman–Crippen MR) is 107 cm³/mol. The number of carbonyl (C=O) groups excluding carboxylic acids is 1. The largest absolute Gasteiger partial charge is 0.351 e. The van der Waals surface area contributed by atoms with Gasteiger partial charge in [-0.25, -0.2) is 8.42 Å². The maximum Gasteiger partial charge on any atom is 0.241 e. The zero-order chi connectivity index (χ0) is 19.4. The van der Waals surface area contributed by atoms with Gasteiger partial charge in [-0.1, -0.05) is 60.2 Å². The van der Waals surface area contributed by atoms with Crippen LogP contribution in [0.1, 0.15) is 18.1 Å². The van der Waals surface area contributed by atoms with Gasteiger partial charge < -0.3 is 5.32 Å². The molecule has 0 fully saturated rings. The first kappa shape index (κ1) is 19.1. The zero-order valence-electron chi connectivity index (χ0n) is 15.3. The average Bonchev–Trinajstić information content (AvgIpc) is 2.66. The van der Waals surface area contributed by atoms with Crippen LogP contribution in [0.3, 0.4) is 0 Å². The van der Waals surface area contributed by atoms with Crippen LogP contribution in [0.2, 0.25) is 0 Å². The second-order valence-electron chi connectivity index (χ2n) is 6.56. The molecule has 2 N–H and O–H groups in total. The summed E-state index contributed by atoms with van der Waals surface area (Å²) in [6.45, 7) is 3.87. The molecule has 0 aliphatic heterocycles. The molecule has 0 spiro atoms. The van der Waals surface area contributed by atoms with Crippen LogP contribution in [0.4, 0.5) is 0 Å². The Morgan fingerprint density at radius 1 is 0.963 bits per heavy atom. The Bertz CT molecular complexity index is 1060. The van der Waals surface area contributed by atoms with E-state index in [4.69, 9.17) is 0 Å². The lowest BCUT2D eigenvalue weighted by atomic mass is 10.1. The molecular weight excluding hydrogens is 360 g/mol. The highest BCUT2D eigenvalue weighted by Crippen LogP contribution is 2.19. The van der Waals surface area contributed by atoms with Gasteiger partial charge in [0.2, 0.25) is 15.9 Å². The van der Waals surface area contributed by atoms with Crippen LogP contribution in [0.5, 0.6) is 0 Å². The molecule has 0 bridgehead atoms. The van der Waals surface area contributed by atoms with Crippen molar-refractivity contribution in [2.45, 2.75) is 31.3 Å². The molecule has 140 valence electrons. The Kier molecular flexibility index (Phi) is 5.58. The number of rotatable bonds is 6. The molecule has 0 saturated carbocycles. The molecule has 5 nitrogen and oxygen atoms in total. The van der Waals surface area contributed by atoms with Gasteiger partial charge in [-0.3, -0.25) is 4.79 Å². The Morgan fingerprint density at radius 2 is 1.63 bits per heavy atom. The number of sulfonamides is 1. The molecule has 3 aromatic rings. The molecule has 0 unspecified atom stereocenters. The van der Waals surface area contributed by atoms with E-state index in [0.29, 0.717) is 6.54 Å². The predicted octanol–water partition coefficient (Wildman–Crippen LogP) is 3.13. The SMILES string of the molecule is Cc1ccc(CNC(=O)[C@@H](C)NS(=O)(=O)c2ccc3ccccc3c2)cc1. The van der Waals surface area contributed by atoms with Crippen molar-refractivity contribution in [2.24, 2.45) is 0 Å². The standard InChI is InChI=1S/C21H22N2O3S/c1-15-7-9-17(10-8-15)14-22-21(24)16(2)23-27(25,26)20-12-11-18-5-3-4-6-19(18)13-20/h3-13,16,23H,14H2,1-2H3,(H,22,24)/t16-/m1/s1. The normalized spacial score (nSPS) is 12.7. The average molecular weight is 382 g/mol. The molecule has 0 heterocycles. The molecule has 1 atom stereocenters. The van der Waals surface area contributed by atoms with E-state index in [-0.39, 0.29) is 10.8 Å². The van der Waals surface area contributed by atoms with Crippen molar-refractivity contribution in [2.75, 3.05) is 0 Å². The molecule has 3 rings (SSSR count). The topological polar surface area (TPSA) is 75.3 Å². The highest BCUT2D eigenvalue weighted by Gasteiger charge is 2.22. The lowest BCUT2D eigenvalue weighted by Gasteiger charge is -2.15. The molecule has 0 saturated heterocycles. The van der Waals surface area contributed by atoms with Crippen molar-refractivity contribution >= 4 is 26.7 Å². The van der Waals surface area contributed by atoms with Crippen LogP contribution in [0, 0.1) is 6.92 Å². The summed E-state index contributed by atoms with van der Waals surface area (Å²) in [6, 6.07) is 19.3. The molecule has 0 aliphatic carbocycles. The summed E-state index contributed by atoms with van der Waals surface area (Å²) in [7, 11) is -3.80. The maximum atomic E-state index is 12.6. The van der Waals surface area contributed by atoms with Gasteiger partial charge in [-0.15, -0.1) is 0 Å². The zero-order valence-corrected chi connectivity index (χ0v) is 16.1. The minimum atomic E-state index is -3.80. The summed E-state index contributed by atoms with van der Waals surface area (Å²) in [5, 5.41) is 4.55. The molecular formula is C21H22N2O3S. The van der Waals surface area contributed by atoms with Gasteiger partial charge in [-0.2, -0.15) is 4.72 Å². The summed E-state index contributed by atoms with van der Waals surface area (Å²) in [4.78, 5) is 12.4. The van der Waals surface area contributed by atoms with E-state index in [9.17, 15) is 13.2 Å². The van der Waals surface area contributed by atoms with E-state index in [1.54, 1.807) is 18.2 Å². The third-order valence-corrected chi connectivity index (χ3v) is 5.88. The van der Waals surface area contributed by atoms with Gasteiger partial charge in [0.1, 0.15) is 0 Å². The van der Waals surface area contributed by atoms with Crippen LogP contribution in [0.25, 0.3) is 10.8 Å². The fourth-order valence-electron chi connectivity index (χ4n) is 2.74. The lowest BCUT2D eigenvalue weighted by Crippen LogP contribution is -2.44. The number of nitrogens with one attached hydrogen (secondary N) is 2. The van der Waals surface area contributed by atoms with E-state index in [1.807, 2.05) is 55.5 Å². The van der Waals surface area contributed by atoms with E-state index < -0.39 is 16.1 Å². The molecule has 0 aromatic heterocycles. The lowest BCUT2D eigenvalue weighted by molar-refractivity contribution is -0.122. The van der Waals surface area contributed by atoms with Crippen molar-refractivity contribution in [1.29, 1.82) is 0 Å². The van der Waals surface area contributed by atoms with Crippen molar-refractivity contribution < 1.29 is 13.2 Å². The van der Waals surface area contributed by atoms with E-state index in [2.05, 4.69) is 10.0 Å². The Morgan fingerprint density at radius 3 is 2.33 bits per heavy atom. The van der Waals surface area contributed by atoms with Gasteiger partial charge >= 0.3 is 0 Å². The van der Waals surface area contributed by atoms with Crippen molar-refractivity contribution in [3.63, 3.8) is 0 Å². The van der Waals surface area contributed by atoms with Gasteiger partial charge in [0, 0.05) is 6.54 Å². The minimum absolute atomic E-state index is 0.138. The Balaban J connectivity index is 1.66. The summed E-state index contributed by atoms with van der Waals surface area (Å²) in [5.74, 6) is -0.375. The smallest absolute Gasteiger partial charge is 0.241 e. The fourth-order valence-corrected chi connectivity index (χ4v) is 3.97. The Labute approximate surface area is 159 Å². The summed E-state index contributed by atoms with van der Waals surface area (Å²) in [6.07, 6.45) is 0. The first-order valence-corrected chi connectivity index (χ1v) is 10.2. The van der Waals surface area contributed by atoms with Crippen LogP contribution in [-0.2, 0) is 21.4 Å². The third kappa shape index (κ3) is 4.72. The van der Waals surface area contributed by atoms with Crippen LogP contribution < -0.4 is 10.0 Å². The second-order valence-corrected chi connectivity index (χ2v) is 8.27. The van der Waals surface area contributed by atoms with Gasteiger partial charge in [-0.05, 0) is 42.3 Å². The minimum Gasteiger partial charge on any atom is -0.351 e. The van der Waals surface area contributed by atoms with Crippen molar-refractivity contribution in [1.82, 2.24) is 10.0 Å². The molecule has 27 heavy (non-hydrogen) atoms. The van der Waals surface area contributed by atoms with Crippen LogP contribution in [-0.4, -0.2) is 20.4 Å². The van der Waals surface area contributed by atoms with Gasteiger partial charge in [0.15, 0.2) is 0 Å². The first-order valence-electron chi connectivity index (χ1n) is 8.69. The molecule has 6 heteroatoms. The number of amides is 1. The summed E-state index contributed by atoms with van der Waals surface area (Å²) >= 11 is 0. The number of carbonyl (C=O) groups is 1. The first-order chi connectivity index (χ1) is 12.8. The number of fused-ring (bicyclic) bond motifs is 1. The number of hydrogen-bond acceptors (Lipinski definition) is 3.